The molecule has 2 aromatic rings. The first kappa shape index (κ1) is 12.4. The lowest BCUT2D eigenvalue weighted by Crippen LogP contribution is -2.15. The number of carbonyl (C=O) groups excluding carboxylic acids is 1. The second-order valence-corrected chi connectivity index (χ2v) is 4.09. The van der Waals surface area contributed by atoms with Crippen molar-refractivity contribution in [1.29, 1.82) is 0 Å². The van der Waals surface area contributed by atoms with Gasteiger partial charge in [0.2, 0.25) is 0 Å². The van der Waals surface area contributed by atoms with E-state index in [9.17, 15) is 9.59 Å². The normalized spacial score (nSPS) is 10.6. The molecule has 0 spiro atoms. The molecule has 0 N–H and O–H groups in total. The lowest BCUT2D eigenvalue weighted by atomic mass is 10.1. The van der Waals surface area contributed by atoms with Crippen LogP contribution in [0.3, 0.4) is 0 Å². The average Bonchev–Trinajstić information content (AvgIpc) is 2.41. The van der Waals surface area contributed by atoms with Crippen LogP contribution in [0.1, 0.15) is 12.5 Å². The Labute approximate surface area is 105 Å². The number of pyridine rings is 1. The summed E-state index contributed by atoms with van der Waals surface area (Å²) in [5.41, 5.74) is 1.84. The minimum absolute atomic E-state index is 0.0265. The van der Waals surface area contributed by atoms with Crippen LogP contribution in [0.4, 0.5) is 0 Å². The topological polar surface area (TPSA) is 48.3 Å². The lowest BCUT2D eigenvalue weighted by molar-refractivity contribution is -0.141. The molecule has 0 fully saturated rings. The number of hydrogen-bond donors (Lipinski definition) is 0. The third kappa shape index (κ3) is 2.27. The van der Waals surface area contributed by atoms with Gasteiger partial charge in [-0.3, -0.25) is 9.59 Å². The molecule has 0 unspecified atom stereocenters. The highest BCUT2D eigenvalue weighted by Gasteiger charge is 2.07. The molecule has 18 heavy (non-hydrogen) atoms. The SMILES string of the molecule is CCc1ccc2c(c1)c(=O)ccn2CC(=O)OC. The van der Waals surface area contributed by atoms with Crippen LogP contribution in [0, 0.1) is 0 Å². The van der Waals surface area contributed by atoms with Crippen LogP contribution in [0.15, 0.2) is 35.3 Å². The minimum atomic E-state index is -0.334. The van der Waals surface area contributed by atoms with Gasteiger partial charge in [-0.15, -0.1) is 0 Å². The summed E-state index contributed by atoms with van der Waals surface area (Å²) in [5.74, 6) is -0.334. The molecular formula is C14H15NO3. The number of carbonyl (C=O) groups is 1. The van der Waals surface area contributed by atoms with Gasteiger partial charge in [0.05, 0.1) is 12.6 Å². The Bertz CT molecular complexity index is 643. The predicted molar refractivity (Wildman–Crippen MR) is 69.6 cm³/mol. The number of nitrogens with zero attached hydrogens (tertiary/aromatic N) is 1. The molecule has 1 aromatic heterocycles. The molecule has 0 amide bonds. The van der Waals surface area contributed by atoms with Gasteiger partial charge in [-0.05, 0) is 24.1 Å². The summed E-state index contributed by atoms with van der Waals surface area (Å²) in [6, 6.07) is 7.20. The van der Waals surface area contributed by atoms with Crippen LogP contribution in [-0.2, 0) is 22.5 Å². The number of rotatable bonds is 3. The summed E-state index contributed by atoms with van der Waals surface area (Å²) < 4.78 is 6.36. The summed E-state index contributed by atoms with van der Waals surface area (Å²) in [7, 11) is 1.35. The first-order valence-corrected chi connectivity index (χ1v) is 5.84. The Morgan fingerprint density at radius 3 is 2.78 bits per heavy atom. The number of hydrogen-bond acceptors (Lipinski definition) is 3. The van der Waals surface area contributed by atoms with Gasteiger partial charge in [0.25, 0.3) is 0 Å². The Morgan fingerprint density at radius 2 is 2.11 bits per heavy atom. The number of aromatic nitrogens is 1. The predicted octanol–water partition coefficient (Wildman–Crippen LogP) is 1.74. The van der Waals surface area contributed by atoms with Crippen molar-refractivity contribution in [2.24, 2.45) is 0 Å². The molecule has 4 nitrogen and oxygen atoms in total. The van der Waals surface area contributed by atoms with Crippen LogP contribution in [0.5, 0.6) is 0 Å². The van der Waals surface area contributed by atoms with Crippen molar-refractivity contribution < 1.29 is 9.53 Å². The molecule has 0 aliphatic heterocycles. The second-order valence-electron chi connectivity index (χ2n) is 4.09. The summed E-state index contributed by atoms with van der Waals surface area (Å²) in [6.45, 7) is 2.15. The van der Waals surface area contributed by atoms with E-state index in [4.69, 9.17) is 0 Å². The molecule has 0 aliphatic rings. The van der Waals surface area contributed by atoms with Gasteiger partial charge >= 0.3 is 5.97 Å². The number of ether oxygens (including phenoxy) is 1. The van der Waals surface area contributed by atoms with E-state index in [0.29, 0.717) is 5.39 Å². The molecule has 94 valence electrons. The Hall–Kier alpha value is -2.10. The standard InChI is InChI=1S/C14H15NO3/c1-3-10-4-5-12-11(8-10)13(16)6-7-15(12)9-14(17)18-2/h4-8H,3,9H2,1-2H3. The van der Waals surface area contributed by atoms with Crippen molar-refractivity contribution >= 4 is 16.9 Å². The van der Waals surface area contributed by atoms with Crippen LogP contribution < -0.4 is 5.43 Å². The van der Waals surface area contributed by atoms with Crippen LogP contribution >= 0.6 is 0 Å². The van der Waals surface area contributed by atoms with E-state index in [0.717, 1.165) is 17.5 Å². The van der Waals surface area contributed by atoms with Crippen molar-refractivity contribution in [3.63, 3.8) is 0 Å². The Morgan fingerprint density at radius 1 is 1.33 bits per heavy atom. The maximum atomic E-state index is 11.8. The van der Waals surface area contributed by atoms with Crippen molar-refractivity contribution in [3.05, 3.63) is 46.2 Å². The maximum Gasteiger partial charge on any atom is 0.325 e. The number of methoxy groups -OCH3 is 1. The van der Waals surface area contributed by atoms with Crippen molar-refractivity contribution in [3.8, 4) is 0 Å². The molecule has 0 aliphatic carbocycles. The van der Waals surface area contributed by atoms with Gasteiger partial charge in [0, 0.05) is 17.6 Å². The highest BCUT2D eigenvalue weighted by molar-refractivity contribution is 5.81. The highest BCUT2D eigenvalue weighted by Crippen LogP contribution is 2.13. The molecule has 0 bridgehead atoms. The third-order valence-corrected chi connectivity index (χ3v) is 2.98. The van der Waals surface area contributed by atoms with Crippen molar-refractivity contribution in [1.82, 2.24) is 4.57 Å². The monoisotopic (exact) mass is 245 g/mol. The van der Waals surface area contributed by atoms with E-state index in [1.807, 2.05) is 25.1 Å². The molecule has 0 saturated heterocycles. The van der Waals surface area contributed by atoms with Crippen molar-refractivity contribution in [2.75, 3.05) is 7.11 Å². The average molecular weight is 245 g/mol. The largest absolute Gasteiger partial charge is 0.468 e. The van der Waals surface area contributed by atoms with E-state index >= 15 is 0 Å². The van der Waals surface area contributed by atoms with Gasteiger partial charge in [-0.2, -0.15) is 0 Å². The van der Waals surface area contributed by atoms with Crippen LogP contribution in [-0.4, -0.2) is 17.6 Å². The van der Waals surface area contributed by atoms with Gasteiger partial charge in [0.15, 0.2) is 5.43 Å². The smallest absolute Gasteiger partial charge is 0.325 e. The van der Waals surface area contributed by atoms with E-state index < -0.39 is 0 Å². The minimum Gasteiger partial charge on any atom is -0.468 e. The summed E-state index contributed by atoms with van der Waals surface area (Å²) in [5, 5.41) is 0.640. The summed E-state index contributed by atoms with van der Waals surface area (Å²) in [4.78, 5) is 23.1. The first-order chi connectivity index (χ1) is 8.65. The molecule has 0 saturated carbocycles. The van der Waals surface area contributed by atoms with Gasteiger partial charge in [-0.1, -0.05) is 13.0 Å². The molecule has 0 atom stereocenters. The van der Waals surface area contributed by atoms with E-state index in [1.54, 1.807) is 10.8 Å². The Kier molecular flexibility index (Phi) is 3.46. The molecule has 4 heteroatoms. The lowest BCUT2D eigenvalue weighted by Gasteiger charge is -2.10. The van der Waals surface area contributed by atoms with Crippen molar-refractivity contribution in [2.45, 2.75) is 19.9 Å². The number of esters is 1. The van der Waals surface area contributed by atoms with Gasteiger partial charge < -0.3 is 9.30 Å². The fraction of sp³-hybridized carbons (Fsp3) is 0.286. The maximum absolute atomic E-state index is 11.8. The zero-order valence-corrected chi connectivity index (χ0v) is 10.5. The molecule has 2 rings (SSSR count). The van der Waals surface area contributed by atoms with E-state index in [-0.39, 0.29) is 17.9 Å². The Balaban J connectivity index is 2.59. The molecule has 1 aromatic carbocycles. The molecular weight excluding hydrogens is 230 g/mol. The van der Waals surface area contributed by atoms with Gasteiger partial charge in [0.1, 0.15) is 6.54 Å². The molecule has 1 heterocycles. The third-order valence-electron chi connectivity index (χ3n) is 2.98. The van der Waals surface area contributed by atoms with E-state index in [1.165, 1.54) is 13.2 Å². The van der Waals surface area contributed by atoms with E-state index in [2.05, 4.69) is 4.74 Å². The van der Waals surface area contributed by atoms with Crippen LogP contribution in [0.25, 0.3) is 10.9 Å². The zero-order chi connectivity index (χ0) is 13.1. The summed E-state index contributed by atoms with van der Waals surface area (Å²) in [6.07, 6.45) is 2.49. The number of aryl methyl sites for hydroxylation is 1. The first-order valence-electron chi connectivity index (χ1n) is 5.84. The second kappa shape index (κ2) is 5.04. The fourth-order valence-electron chi connectivity index (χ4n) is 1.92. The molecule has 0 radical (unpaired) electrons. The quantitative estimate of drug-likeness (QED) is 0.774. The number of fused-ring (bicyclic) bond motifs is 1. The zero-order valence-electron chi connectivity index (χ0n) is 10.5. The van der Waals surface area contributed by atoms with Gasteiger partial charge in [-0.25, -0.2) is 0 Å². The number of benzene rings is 1. The van der Waals surface area contributed by atoms with Crippen LogP contribution in [0.2, 0.25) is 0 Å². The fourth-order valence-corrected chi connectivity index (χ4v) is 1.92. The highest BCUT2D eigenvalue weighted by atomic mass is 16.5. The summed E-state index contributed by atoms with van der Waals surface area (Å²) >= 11 is 0.